The number of allylic oxidation sites excluding steroid dienone is 2. The second kappa shape index (κ2) is 15.8. The lowest BCUT2D eigenvalue weighted by molar-refractivity contribution is -0.153. The highest BCUT2D eigenvalue weighted by Gasteiger charge is 2.39. The Morgan fingerprint density at radius 3 is 2.24 bits per heavy atom. The Labute approximate surface area is 294 Å². The van der Waals surface area contributed by atoms with Crippen LogP contribution in [-0.2, 0) is 22.4 Å². The molecule has 0 spiro atoms. The van der Waals surface area contributed by atoms with Crippen LogP contribution >= 0.6 is 11.3 Å². The van der Waals surface area contributed by atoms with Gasteiger partial charge in [0.2, 0.25) is 5.91 Å². The minimum atomic E-state index is -0.907. The molecule has 2 aromatic heterocycles. The monoisotopic (exact) mass is 682 g/mol. The van der Waals surface area contributed by atoms with Crippen LogP contribution in [0.3, 0.4) is 0 Å². The topological polar surface area (TPSA) is 112 Å². The molecule has 8 nitrogen and oxygen atoms in total. The molecule has 2 fully saturated rings. The third kappa shape index (κ3) is 8.66. The van der Waals surface area contributed by atoms with Crippen molar-refractivity contribution in [1.29, 1.82) is 0 Å². The number of amides is 2. The van der Waals surface area contributed by atoms with Gasteiger partial charge in [-0.3, -0.25) is 14.4 Å². The zero-order chi connectivity index (χ0) is 34.5. The Morgan fingerprint density at radius 1 is 0.918 bits per heavy atom. The first-order valence-corrected chi connectivity index (χ1v) is 19.0. The summed E-state index contributed by atoms with van der Waals surface area (Å²) in [6.45, 7) is 6.92. The van der Waals surface area contributed by atoms with E-state index in [0.717, 1.165) is 58.6 Å². The van der Waals surface area contributed by atoms with Crippen LogP contribution in [0.15, 0.2) is 54.9 Å². The van der Waals surface area contributed by atoms with Gasteiger partial charge in [0, 0.05) is 47.9 Å². The molecule has 1 saturated carbocycles. The van der Waals surface area contributed by atoms with Crippen LogP contribution in [0.25, 0.3) is 17.0 Å². The molecule has 1 saturated heterocycles. The molecular weight excluding hydrogens is 633 g/mol. The van der Waals surface area contributed by atoms with Crippen LogP contribution in [0.5, 0.6) is 0 Å². The molecule has 49 heavy (non-hydrogen) atoms. The van der Waals surface area contributed by atoms with Crippen molar-refractivity contribution in [3.63, 3.8) is 0 Å². The Hall–Kier alpha value is -3.85. The van der Waals surface area contributed by atoms with E-state index in [1.54, 1.807) is 0 Å². The lowest BCUT2D eigenvalue weighted by Gasteiger charge is -2.38. The van der Waals surface area contributed by atoms with Crippen molar-refractivity contribution in [2.75, 3.05) is 13.1 Å². The van der Waals surface area contributed by atoms with Gasteiger partial charge in [0.1, 0.15) is 6.04 Å². The smallest absolute Gasteiger partial charge is 0.310 e. The fourth-order valence-corrected chi connectivity index (χ4v) is 8.88. The van der Waals surface area contributed by atoms with Gasteiger partial charge >= 0.3 is 5.97 Å². The highest BCUT2D eigenvalue weighted by Crippen LogP contribution is 2.41. The van der Waals surface area contributed by atoms with Crippen LogP contribution < -0.4 is 5.32 Å². The summed E-state index contributed by atoms with van der Waals surface area (Å²) in [7, 11) is 0. The molecule has 2 unspecified atom stereocenters. The number of carbonyl (C=O) groups excluding carboxylic acids is 2. The second-order valence-electron chi connectivity index (χ2n) is 14.8. The van der Waals surface area contributed by atoms with Crippen molar-refractivity contribution in [2.45, 2.75) is 91.0 Å². The van der Waals surface area contributed by atoms with Crippen LogP contribution in [0, 0.1) is 29.6 Å². The van der Waals surface area contributed by atoms with Gasteiger partial charge in [0.15, 0.2) is 5.82 Å². The molecule has 9 heteroatoms. The number of hydrogen-bond donors (Lipinski definition) is 2. The maximum absolute atomic E-state index is 13.5. The molecule has 2 atom stereocenters. The fourth-order valence-electron chi connectivity index (χ4n) is 7.76. The van der Waals surface area contributed by atoms with E-state index in [9.17, 15) is 19.5 Å². The molecule has 260 valence electrons. The van der Waals surface area contributed by atoms with Crippen molar-refractivity contribution >= 4 is 34.7 Å². The minimum Gasteiger partial charge on any atom is -0.481 e. The average Bonchev–Trinajstić information content (AvgIpc) is 3.56. The lowest BCUT2D eigenvalue weighted by Crippen LogP contribution is -2.59. The van der Waals surface area contributed by atoms with Crippen LogP contribution in [0.2, 0.25) is 0 Å². The number of nitrogens with one attached hydrogen (secondary N) is 1. The summed E-state index contributed by atoms with van der Waals surface area (Å²) in [5, 5.41) is 12.3. The van der Waals surface area contributed by atoms with Gasteiger partial charge in [0.25, 0.3) is 5.91 Å². The quantitative estimate of drug-likeness (QED) is 0.203. The molecule has 1 aromatic carbocycles. The second-order valence-corrected chi connectivity index (χ2v) is 16.0. The predicted molar refractivity (Wildman–Crippen MR) is 194 cm³/mol. The first-order valence-electron chi connectivity index (χ1n) is 18.2. The number of benzene rings is 1. The highest BCUT2D eigenvalue weighted by atomic mass is 32.1. The Morgan fingerprint density at radius 2 is 1.63 bits per heavy atom. The summed E-state index contributed by atoms with van der Waals surface area (Å²) in [6.07, 6.45) is 17.9. The molecule has 2 amide bonds. The predicted octanol–water partition coefficient (Wildman–Crippen LogP) is 7.69. The number of rotatable bonds is 12. The summed E-state index contributed by atoms with van der Waals surface area (Å²) in [4.78, 5) is 50.7. The van der Waals surface area contributed by atoms with E-state index in [1.165, 1.54) is 60.3 Å². The summed E-state index contributed by atoms with van der Waals surface area (Å²) in [5.74, 6) is 1.74. The number of thiophene rings is 1. The van der Waals surface area contributed by atoms with Gasteiger partial charge in [0.05, 0.1) is 10.8 Å². The van der Waals surface area contributed by atoms with Crippen molar-refractivity contribution in [2.24, 2.45) is 29.6 Å². The van der Waals surface area contributed by atoms with Crippen LogP contribution in [0.1, 0.15) is 97.8 Å². The van der Waals surface area contributed by atoms with Gasteiger partial charge in [-0.05, 0) is 85.5 Å². The molecule has 3 aromatic rings. The number of aliphatic carboxylic acids is 1. The number of carboxylic acid groups (broad SMARTS) is 1. The van der Waals surface area contributed by atoms with E-state index in [2.05, 4.69) is 32.2 Å². The van der Waals surface area contributed by atoms with E-state index >= 15 is 0 Å². The first kappa shape index (κ1) is 35.0. The molecule has 1 aliphatic heterocycles. The largest absolute Gasteiger partial charge is 0.481 e. The number of hydrogen-bond acceptors (Lipinski definition) is 6. The number of likely N-dealkylation sites (tertiary alicyclic amines) is 1. The standard InChI is InChI=1S/C40H50N4O4S/c1-4-26-5-9-28(10-6-26)29-13-15-30(16-14-29)32-21-41-37(42-22-32)31-11-7-27(8-12-31)20-35(39(46)44-23-33(24-44)40(47)48)43-38(45)36-18-17-34(49-36)19-25(2)3/h7-8,11-12,15,17-18,21-22,25-26,28-29,33,35H,4-6,9-10,13-14,16,19-20,23-24H2,1-3H3,(H,43,45)(H,47,48). The summed E-state index contributed by atoms with van der Waals surface area (Å²) < 4.78 is 0. The van der Waals surface area contributed by atoms with Crippen molar-refractivity contribution in [1.82, 2.24) is 20.2 Å². The van der Waals surface area contributed by atoms with E-state index in [-0.39, 0.29) is 31.3 Å². The first-order chi connectivity index (χ1) is 23.7. The Balaban J connectivity index is 1.08. The van der Waals surface area contributed by atoms with Gasteiger partial charge in [-0.15, -0.1) is 11.3 Å². The zero-order valence-corrected chi connectivity index (χ0v) is 29.9. The van der Waals surface area contributed by atoms with E-state index in [0.29, 0.717) is 16.6 Å². The summed E-state index contributed by atoms with van der Waals surface area (Å²) >= 11 is 1.45. The molecule has 6 rings (SSSR count). The van der Waals surface area contributed by atoms with Gasteiger partial charge in [-0.25, -0.2) is 9.97 Å². The third-order valence-electron chi connectivity index (χ3n) is 10.9. The molecular formula is C40H50N4O4S. The van der Waals surface area contributed by atoms with Crippen molar-refractivity contribution < 1.29 is 19.5 Å². The minimum absolute atomic E-state index is 0.155. The SMILES string of the molecule is CCC1CCC(C2CC=C(c3cnc(-c4ccc(CC(NC(=O)c5ccc(CC(C)C)s5)C(=O)N5CC(C(=O)O)C5)cc4)nc3)CC2)CC1. The number of nitrogens with zero attached hydrogens (tertiary/aromatic N) is 3. The molecule has 0 radical (unpaired) electrons. The highest BCUT2D eigenvalue weighted by molar-refractivity contribution is 7.14. The maximum Gasteiger partial charge on any atom is 0.310 e. The maximum atomic E-state index is 13.5. The Bertz CT molecular complexity index is 1630. The van der Waals surface area contributed by atoms with Crippen LogP contribution in [-0.4, -0.2) is 56.9 Å². The van der Waals surface area contributed by atoms with Crippen LogP contribution in [0.4, 0.5) is 0 Å². The molecule has 2 aliphatic carbocycles. The summed E-state index contributed by atoms with van der Waals surface area (Å²) in [6, 6.07) is 10.8. The zero-order valence-electron chi connectivity index (χ0n) is 29.1. The van der Waals surface area contributed by atoms with Gasteiger partial charge in [-0.1, -0.05) is 70.4 Å². The molecule has 2 N–H and O–H groups in total. The number of carbonyl (C=O) groups is 3. The van der Waals surface area contributed by atoms with E-state index < -0.39 is 17.9 Å². The van der Waals surface area contributed by atoms with Gasteiger partial charge < -0.3 is 15.3 Å². The summed E-state index contributed by atoms with van der Waals surface area (Å²) in [5.41, 5.74) is 4.22. The normalized spacial score (nSPS) is 21.9. The molecule has 3 aliphatic rings. The average molecular weight is 683 g/mol. The number of aromatic nitrogens is 2. The van der Waals surface area contributed by atoms with Crippen molar-refractivity contribution in [3.8, 4) is 11.4 Å². The van der Waals surface area contributed by atoms with Crippen molar-refractivity contribution in [3.05, 3.63) is 75.7 Å². The van der Waals surface area contributed by atoms with E-state index in [4.69, 9.17) is 9.97 Å². The fraction of sp³-hybridized carbons (Fsp3) is 0.525. The molecule has 3 heterocycles. The molecule has 0 bridgehead atoms. The number of carboxylic acids is 1. The third-order valence-corrected chi connectivity index (χ3v) is 12.0. The Kier molecular flexibility index (Phi) is 11.3. The van der Waals surface area contributed by atoms with Gasteiger partial charge in [-0.2, -0.15) is 0 Å². The van der Waals surface area contributed by atoms with E-state index in [1.807, 2.05) is 48.8 Å². The lowest BCUT2D eigenvalue weighted by atomic mass is 9.71.